The number of methoxy groups -OCH3 is 1. The highest BCUT2D eigenvalue weighted by atomic mass is 35.5. The first kappa shape index (κ1) is 24.3. The number of piperidine rings is 1. The maximum absolute atomic E-state index is 13.3. The number of benzene rings is 2. The molecule has 11 heteroatoms. The van der Waals surface area contributed by atoms with Crippen LogP contribution in [0.15, 0.2) is 47.4 Å². The summed E-state index contributed by atoms with van der Waals surface area (Å²) in [6.45, 7) is 3.22. The van der Waals surface area contributed by atoms with Gasteiger partial charge in [-0.2, -0.15) is 4.31 Å². The second-order valence-corrected chi connectivity index (χ2v) is 12.2. The van der Waals surface area contributed by atoms with E-state index in [0.717, 1.165) is 21.1 Å². The Bertz CT molecular complexity index is 1320. The predicted molar refractivity (Wildman–Crippen MR) is 138 cm³/mol. The molecule has 0 saturated carbocycles. The van der Waals surface area contributed by atoms with Gasteiger partial charge in [-0.15, -0.1) is 0 Å². The lowest BCUT2D eigenvalue weighted by molar-refractivity contribution is -0.137. The second kappa shape index (κ2) is 9.93. The number of halogens is 1. The van der Waals surface area contributed by atoms with Crippen molar-refractivity contribution in [1.29, 1.82) is 0 Å². The Morgan fingerprint density at radius 2 is 1.83 bits per heavy atom. The number of hydrogen-bond acceptors (Lipinski definition) is 7. The summed E-state index contributed by atoms with van der Waals surface area (Å²) in [6.07, 6.45) is 1.36. The number of nitrogens with zero attached hydrogens (tertiary/aromatic N) is 4. The lowest BCUT2D eigenvalue weighted by Crippen LogP contribution is -2.53. The van der Waals surface area contributed by atoms with Gasteiger partial charge in [0.2, 0.25) is 15.9 Å². The molecule has 2 aliphatic heterocycles. The molecule has 0 aliphatic carbocycles. The van der Waals surface area contributed by atoms with E-state index in [0.29, 0.717) is 50.6 Å². The Morgan fingerprint density at radius 3 is 2.54 bits per heavy atom. The van der Waals surface area contributed by atoms with E-state index in [-0.39, 0.29) is 23.3 Å². The second-order valence-electron chi connectivity index (χ2n) is 8.80. The van der Waals surface area contributed by atoms with Crippen LogP contribution in [0.5, 0.6) is 5.75 Å². The average molecular weight is 535 g/mol. The highest BCUT2D eigenvalue weighted by molar-refractivity contribution is 7.89. The molecular formula is C24H27ClN4O4S2. The minimum absolute atomic E-state index is 0.0368. The molecule has 0 spiro atoms. The SMILES string of the molecule is COc1ccc2nc(N3CCN(C(=O)C4CCCN(S(=O)(=O)c5ccc(Cl)cc5)C4)CC3)sc2c1. The van der Waals surface area contributed by atoms with Crippen LogP contribution < -0.4 is 9.64 Å². The molecule has 2 aliphatic rings. The van der Waals surface area contributed by atoms with E-state index >= 15 is 0 Å². The molecule has 5 rings (SSSR count). The summed E-state index contributed by atoms with van der Waals surface area (Å²) in [5.41, 5.74) is 0.938. The van der Waals surface area contributed by atoms with Crippen molar-refractivity contribution in [2.45, 2.75) is 17.7 Å². The van der Waals surface area contributed by atoms with Gasteiger partial charge in [-0.25, -0.2) is 13.4 Å². The van der Waals surface area contributed by atoms with Crippen molar-refractivity contribution in [2.75, 3.05) is 51.3 Å². The van der Waals surface area contributed by atoms with Crippen molar-refractivity contribution in [1.82, 2.24) is 14.2 Å². The van der Waals surface area contributed by atoms with E-state index in [1.165, 1.54) is 16.4 Å². The van der Waals surface area contributed by atoms with E-state index in [1.54, 1.807) is 30.6 Å². The minimum Gasteiger partial charge on any atom is -0.497 e. The van der Waals surface area contributed by atoms with Crippen molar-refractivity contribution in [3.05, 3.63) is 47.5 Å². The van der Waals surface area contributed by atoms with Gasteiger partial charge in [-0.3, -0.25) is 4.79 Å². The van der Waals surface area contributed by atoms with Crippen LogP contribution in [0, 0.1) is 5.92 Å². The summed E-state index contributed by atoms with van der Waals surface area (Å²) in [5, 5.41) is 1.43. The monoisotopic (exact) mass is 534 g/mol. The molecule has 186 valence electrons. The van der Waals surface area contributed by atoms with Crippen molar-refractivity contribution < 1.29 is 17.9 Å². The van der Waals surface area contributed by atoms with Crippen LogP contribution in [0.4, 0.5) is 5.13 Å². The summed E-state index contributed by atoms with van der Waals surface area (Å²) >= 11 is 7.53. The van der Waals surface area contributed by atoms with Crippen LogP contribution in [-0.4, -0.2) is 74.9 Å². The third-order valence-corrected chi connectivity index (χ3v) is 9.84. The molecule has 0 radical (unpaired) electrons. The third kappa shape index (κ3) is 4.97. The average Bonchev–Trinajstić information content (AvgIpc) is 3.32. The highest BCUT2D eigenvalue weighted by Gasteiger charge is 2.36. The van der Waals surface area contributed by atoms with E-state index in [1.807, 2.05) is 23.1 Å². The Hall–Kier alpha value is -2.40. The van der Waals surface area contributed by atoms with Crippen LogP contribution in [0.2, 0.25) is 5.02 Å². The fraction of sp³-hybridized carbons (Fsp3) is 0.417. The van der Waals surface area contributed by atoms with Gasteiger partial charge >= 0.3 is 0 Å². The van der Waals surface area contributed by atoms with Gasteiger partial charge in [-0.1, -0.05) is 22.9 Å². The fourth-order valence-corrected chi connectivity index (χ4v) is 7.34. The lowest BCUT2D eigenvalue weighted by Gasteiger charge is -2.38. The molecule has 1 unspecified atom stereocenters. The van der Waals surface area contributed by atoms with Gasteiger partial charge < -0.3 is 14.5 Å². The molecule has 3 aromatic rings. The van der Waals surface area contributed by atoms with Gasteiger partial charge in [0.25, 0.3) is 0 Å². The first-order valence-corrected chi connectivity index (χ1v) is 14.2. The van der Waals surface area contributed by atoms with Gasteiger partial charge in [0.15, 0.2) is 5.13 Å². The zero-order valence-electron chi connectivity index (χ0n) is 19.4. The van der Waals surface area contributed by atoms with Crippen molar-refractivity contribution in [3.63, 3.8) is 0 Å². The van der Waals surface area contributed by atoms with E-state index in [9.17, 15) is 13.2 Å². The number of thiazole rings is 1. The highest BCUT2D eigenvalue weighted by Crippen LogP contribution is 2.32. The topological polar surface area (TPSA) is 83.1 Å². The predicted octanol–water partition coefficient (Wildman–Crippen LogP) is 3.71. The van der Waals surface area contributed by atoms with E-state index < -0.39 is 10.0 Å². The third-order valence-electron chi connectivity index (χ3n) is 6.63. The fourth-order valence-electron chi connectivity index (χ4n) is 4.65. The van der Waals surface area contributed by atoms with Gasteiger partial charge in [0, 0.05) is 44.3 Å². The number of aromatic nitrogens is 1. The quantitative estimate of drug-likeness (QED) is 0.496. The van der Waals surface area contributed by atoms with Crippen molar-refractivity contribution in [3.8, 4) is 5.75 Å². The maximum atomic E-state index is 13.3. The molecule has 0 N–H and O–H groups in total. The molecule has 8 nitrogen and oxygen atoms in total. The number of piperazine rings is 1. The summed E-state index contributed by atoms with van der Waals surface area (Å²) in [5.74, 6) is 0.518. The van der Waals surface area contributed by atoms with Crippen molar-refractivity contribution in [2.24, 2.45) is 5.92 Å². The number of anilines is 1. The number of rotatable bonds is 5. The molecule has 1 atom stereocenters. The first-order valence-electron chi connectivity index (χ1n) is 11.6. The first-order chi connectivity index (χ1) is 16.8. The number of sulfonamides is 1. The molecule has 2 fully saturated rings. The molecule has 1 aromatic heterocycles. The standard InChI is InChI=1S/C24H27ClN4O4S2/c1-33-19-6-9-21-22(15-19)34-24(26-21)28-13-11-27(12-14-28)23(30)17-3-2-10-29(16-17)35(31,32)20-7-4-18(25)5-8-20/h4-9,15,17H,2-3,10-14,16H2,1H3. The largest absolute Gasteiger partial charge is 0.497 e. The van der Waals surface area contributed by atoms with E-state index in [2.05, 4.69) is 4.90 Å². The molecule has 3 heterocycles. The van der Waals surface area contributed by atoms with Crippen LogP contribution in [-0.2, 0) is 14.8 Å². The lowest BCUT2D eigenvalue weighted by atomic mass is 9.98. The summed E-state index contributed by atoms with van der Waals surface area (Å²) in [6, 6.07) is 12.0. The van der Waals surface area contributed by atoms with Gasteiger partial charge in [0.1, 0.15) is 5.75 Å². The van der Waals surface area contributed by atoms with Crippen molar-refractivity contribution >= 4 is 54.2 Å². The molecule has 2 aromatic carbocycles. The Kier molecular flexibility index (Phi) is 6.89. The van der Waals surface area contributed by atoms with Crippen LogP contribution >= 0.6 is 22.9 Å². The molecule has 35 heavy (non-hydrogen) atoms. The Balaban J connectivity index is 1.21. The van der Waals surface area contributed by atoms with E-state index in [4.69, 9.17) is 21.3 Å². The number of carbonyl (C=O) groups is 1. The zero-order valence-corrected chi connectivity index (χ0v) is 21.8. The molecule has 1 amide bonds. The molecular weight excluding hydrogens is 508 g/mol. The molecule has 2 saturated heterocycles. The van der Waals surface area contributed by atoms with Crippen LogP contribution in [0.25, 0.3) is 10.2 Å². The number of carbonyl (C=O) groups excluding carboxylic acids is 1. The van der Waals surface area contributed by atoms with Crippen LogP contribution in [0.1, 0.15) is 12.8 Å². The van der Waals surface area contributed by atoms with Gasteiger partial charge in [0.05, 0.1) is 28.1 Å². The van der Waals surface area contributed by atoms with Gasteiger partial charge in [-0.05, 0) is 55.3 Å². The zero-order chi connectivity index (χ0) is 24.6. The summed E-state index contributed by atoms with van der Waals surface area (Å²) in [7, 11) is -2.01. The summed E-state index contributed by atoms with van der Waals surface area (Å²) in [4.78, 5) is 22.3. The Labute approximate surface area is 214 Å². The summed E-state index contributed by atoms with van der Waals surface area (Å²) < 4.78 is 34.0. The maximum Gasteiger partial charge on any atom is 0.243 e. The normalized spacial score (nSPS) is 19.8. The Morgan fingerprint density at radius 1 is 1.09 bits per heavy atom. The number of fused-ring (bicyclic) bond motifs is 1. The van der Waals surface area contributed by atoms with Crippen LogP contribution in [0.3, 0.4) is 0 Å². The number of hydrogen-bond donors (Lipinski definition) is 0. The molecule has 0 bridgehead atoms. The number of ether oxygens (including phenoxy) is 1. The smallest absolute Gasteiger partial charge is 0.243 e. The minimum atomic E-state index is -3.66. The number of amides is 1.